The van der Waals surface area contributed by atoms with Gasteiger partial charge in [0, 0.05) is 35.9 Å². The second-order valence-electron chi connectivity index (χ2n) is 8.50. The lowest BCUT2D eigenvalue weighted by molar-refractivity contribution is 0.209. The highest BCUT2D eigenvalue weighted by molar-refractivity contribution is 5.27. The minimum Gasteiger partial charge on any atom is -0.492 e. The maximum Gasteiger partial charge on any atom is 0.119 e. The number of nitrogens with one attached hydrogen (secondary N) is 3. The number of ether oxygens (including phenoxy) is 1. The Kier molecular flexibility index (Phi) is 7.23. The first-order valence-corrected chi connectivity index (χ1v) is 9.43. The van der Waals surface area contributed by atoms with E-state index in [9.17, 15) is 0 Å². The van der Waals surface area contributed by atoms with Gasteiger partial charge in [-0.2, -0.15) is 0 Å². The summed E-state index contributed by atoms with van der Waals surface area (Å²) in [6.07, 6.45) is 5.54. The van der Waals surface area contributed by atoms with Crippen molar-refractivity contribution >= 4 is 0 Å². The van der Waals surface area contributed by atoms with Crippen LogP contribution in [-0.4, -0.2) is 40.7 Å². The number of benzene rings is 1. The summed E-state index contributed by atoms with van der Waals surface area (Å²) in [5, 5.41) is 7.05. The van der Waals surface area contributed by atoms with E-state index < -0.39 is 0 Å². The first-order chi connectivity index (χ1) is 12.2. The van der Waals surface area contributed by atoms with Crippen molar-refractivity contribution in [1.29, 1.82) is 0 Å². The van der Waals surface area contributed by atoms with E-state index in [1.807, 2.05) is 6.20 Å². The topological polar surface area (TPSA) is 62.0 Å². The minimum atomic E-state index is -0.0880. The zero-order valence-electron chi connectivity index (χ0n) is 16.9. The Morgan fingerprint density at radius 3 is 2.27 bits per heavy atom. The van der Waals surface area contributed by atoms with Crippen LogP contribution in [0.25, 0.3) is 0 Å². The number of aromatic nitrogens is 2. The van der Waals surface area contributed by atoms with E-state index in [0.29, 0.717) is 6.61 Å². The molecule has 0 spiro atoms. The lowest BCUT2D eigenvalue weighted by atomic mass is 10.1. The highest BCUT2D eigenvalue weighted by Gasteiger charge is 2.18. The normalized spacial score (nSPS) is 12.3. The second kappa shape index (κ2) is 9.19. The molecular weight excluding hydrogens is 324 g/mol. The fourth-order valence-corrected chi connectivity index (χ4v) is 2.61. The monoisotopic (exact) mass is 358 g/mol. The van der Waals surface area contributed by atoms with Crippen molar-refractivity contribution in [2.45, 2.75) is 58.5 Å². The van der Waals surface area contributed by atoms with E-state index in [-0.39, 0.29) is 11.1 Å². The number of hydrogen-bond donors (Lipinski definition) is 3. The smallest absolute Gasteiger partial charge is 0.119 e. The van der Waals surface area contributed by atoms with Gasteiger partial charge in [-0.3, -0.25) is 0 Å². The molecule has 26 heavy (non-hydrogen) atoms. The van der Waals surface area contributed by atoms with Crippen LogP contribution >= 0.6 is 0 Å². The Labute approximate surface area is 158 Å². The molecule has 2 rings (SSSR count). The Morgan fingerprint density at radius 2 is 1.65 bits per heavy atom. The summed E-state index contributed by atoms with van der Waals surface area (Å²) in [6, 6.07) is 8.43. The molecule has 0 fully saturated rings. The second-order valence-corrected chi connectivity index (χ2v) is 8.50. The fourth-order valence-electron chi connectivity index (χ4n) is 2.61. The molecule has 3 N–H and O–H groups in total. The van der Waals surface area contributed by atoms with Crippen LogP contribution < -0.4 is 15.4 Å². The van der Waals surface area contributed by atoms with Crippen molar-refractivity contribution in [3.8, 4) is 5.75 Å². The average molecular weight is 359 g/mol. The van der Waals surface area contributed by atoms with Crippen LogP contribution in [0.1, 0.15) is 45.9 Å². The molecule has 0 saturated heterocycles. The van der Waals surface area contributed by atoms with Gasteiger partial charge in [0.05, 0.1) is 6.33 Å². The van der Waals surface area contributed by atoms with Crippen LogP contribution in [-0.2, 0) is 12.8 Å². The third-order valence-corrected chi connectivity index (χ3v) is 4.14. The maximum atomic E-state index is 5.97. The van der Waals surface area contributed by atoms with Gasteiger partial charge in [0.15, 0.2) is 0 Å². The predicted molar refractivity (Wildman–Crippen MR) is 108 cm³/mol. The van der Waals surface area contributed by atoms with Crippen LogP contribution in [0.15, 0.2) is 36.8 Å². The van der Waals surface area contributed by atoms with E-state index in [2.05, 4.69) is 79.5 Å². The maximum absolute atomic E-state index is 5.97. The van der Waals surface area contributed by atoms with Crippen LogP contribution in [0.2, 0.25) is 0 Å². The number of nitrogens with zero attached hydrogens (tertiary/aromatic N) is 1. The molecule has 1 aromatic heterocycles. The van der Waals surface area contributed by atoms with Gasteiger partial charge in [0.1, 0.15) is 12.4 Å². The molecule has 0 radical (unpaired) electrons. The summed E-state index contributed by atoms with van der Waals surface area (Å²) < 4.78 is 5.97. The number of hydrogen-bond acceptors (Lipinski definition) is 4. The molecule has 0 amide bonds. The summed E-state index contributed by atoms with van der Waals surface area (Å²) in [5.74, 6) is 0.918. The van der Waals surface area contributed by atoms with E-state index in [1.165, 1.54) is 5.56 Å². The van der Waals surface area contributed by atoms with Gasteiger partial charge in [-0.05, 0) is 65.3 Å². The lowest BCUT2D eigenvalue weighted by Gasteiger charge is -2.26. The molecule has 0 saturated carbocycles. The van der Waals surface area contributed by atoms with Crippen LogP contribution in [0.5, 0.6) is 5.75 Å². The van der Waals surface area contributed by atoms with Crippen molar-refractivity contribution in [2.24, 2.45) is 0 Å². The van der Waals surface area contributed by atoms with Crippen molar-refractivity contribution < 1.29 is 4.74 Å². The highest BCUT2D eigenvalue weighted by atomic mass is 16.5. The van der Waals surface area contributed by atoms with Gasteiger partial charge in [-0.1, -0.05) is 12.1 Å². The third kappa shape index (κ3) is 8.02. The number of rotatable bonds is 10. The number of imidazole rings is 1. The molecule has 0 aliphatic rings. The Morgan fingerprint density at radius 1 is 0.962 bits per heavy atom. The zero-order valence-corrected chi connectivity index (χ0v) is 16.9. The predicted octanol–water partition coefficient (Wildman–Crippen LogP) is 3.33. The van der Waals surface area contributed by atoms with Crippen molar-refractivity contribution in [1.82, 2.24) is 20.6 Å². The SMILES string of the molecule is CC(C)(C)NCCc1ccc(OCC(C)(C)NCCc2cnc[nH]2)cc1. The van der Waals surface area contributed by atoms with Gasteiger partial charge in [0.25, 0.3) is 0 Å². The number of aromatic amines is 1. The van der Waals surface area contributed by atoms with Crippen LogP contribution in [0.4, 0.5) is 0 Å². The minimum absolute atomic E-state index is 0.0880. The summed E-state index contributed by atoms with van der Waals surface area (Å²) in [4.78, 5) is 7.16. The van der Waals surface area contributed by atoms with Crippen LogP contribution in [0.3, 0.4) is 0 Å². The molecule has 0 unspecified atom stereocenters. The molecule has 144 valence electrons. The van der Waals surface area contributed by atoms with Crippen molar-refractivity contribution in [3.63, 3.8) is 0 Å². The molecule has 1 heterocycles. The van der Waals surface area contributed by atoms with Crippen molar-refractivity contribution in [2.75, 3.05) is 19.7 Å². The first kappa shape index (κ1) is 20.5. The van der Waals surface area contributed by atoms with Gasteiger partial charge < -0.3 is 20.4 Å². The van der Waals surface area contributed by atoms with E-state index in [4.69, 9.17) is 4.74 Å². The van der Waals surface area contributed by atoms with Gasteiger partial charge in [0.2, 0.25) is 0 Å². The van der Waals surface area contributed by atoms with Gasteiger partial charge in [-0.25, -0.2) is 4.98 Å². The van der Waals surface area contributed by atoms with Crippen molar-refractivity contribution in [3.05, 3.63) is 48.0 Å². The van der Waals surface area contributed by atoms with E-state index >= 15 is 0 Å². The molecule has 5 heteroatoms. The van der Waals surface area contributed by atoms with Gasteiger partial charge in [-0.15, -0.1) is 0 Å². The Balaban J connectivity index is 1.70. The quantitative estimate of drug-likeness (QED) is 0.610. The number of H-pyrrole nitrogens is 1. The summed E-state index contributed by atoms with van der Waals surface area (Å²) in [7, 11) is 0. The molecule has 0 aliphatic heterocycles. The Hall–Kier alpha value is -1.85. The lowest BCUT2D eigenvalue weighted by Crippen LogP contribution is -2.45. The molecule has 0 aliphatic carbocycles. The Bertz CT molecular complexity index is 627. The molecule has 5 nitrogen and oxygen atoms in total. The molecule has 0 atom stereocenters. The van der Waals surface area contributed by atoms with E-state index in [0.717, 1.165) is 37.4 Å². The van der Waals surface area contributed by atoms with Crippen LogP contribution in [0, 0.1) is 0 Å². The highest BCUT2D eigenvalue weighted by Crippen LogP contribution is 2.15. The summed E-state index contributed by atoms with van der Waals surface area (Å²) in [5.41, 5.74) is 2.55. The fraction of sp³-hybridized carbons (Fsp3) is 0.571. The summed E-state index contributed by atoms with van der Waals surface area (Å²) in [6.45, 7) is 13.4. The average Bonchev–Trinajstić information content (AvgIpc) is 3.06. The third-order valence-electron chi connectivity index (χ3n) is 4.14. The molecular formula is C21H34N4O. The standard InChI is InChI=1S/C21H34N4O/c1-20(2,3)24-12-10-17-6-8-19(9-7-17)26-15-21(4,5)25-13-11-18-14-22-16-23-18/h6-9,14,16,24-25H,10-13,15H2,1-5H3,(H,22,23). The molecule has 0 bridgehead atoms. The van der Waals surface area contributed by atoms with Gasteiger partial charge >= 0.3 is 0 Å². The summed E-state index contributed by atoms with van der Waals surface area (Å²) >= 11 is 0. The first-order valence-electron chi connectivity index (χ1n) is 9.43. The van der Waals surface area contributed by atoms with E-state index in [1.54, 1.807) is 6.33 Å². The molecule has 1 aromatic carbocycles. The zero-order chi connectivity index (χ0) is 19.0. The largest absolute Gasteiger partial charge is 0.492 e. The molecule has 2 aromatic rings.